The highest BCUT2D eigenvalue weighted by molar-refractivity contribution is 5.89. The molecule has 1 heterocycles. The van der Waals surface area contributed by atoms with Crippen LogP contribution in [0.1, 0.15) is 37.8 Å². The van der Waals surface area contributed by atoms with E-state index in [0.717, 1.165) is 11.3 Å². The minimum Gasteiger partial charge on any atom is -0.481 e. The topological polar surface area (TPSA) is 61.9 Å². The minimum absolute atomic E-state index is 0.0521. The Kier molecular flexibility index (Phi) is 6.98. The number of ether oxygens (including phenoxy) is 1. The van der Waals surface area contributed by atoms with Crippen LogP contribution in [0.4, 0.5) is 10.5 Å². The zero-order valence-electron chi connectivity index (χ0n) is 18.2. The molecule has 1 unspecified atom stereocenters. The van der Waals surface area contributed by atoms with Gasteiger partial charge in [0, 0.05) is 31.9 Å². The summed E-state index contributed by atoms with van der Waals surface area (Å²) >= 11 is 0. The van der Waals surface area contributed by atoms with Crippen LogP contribution in [-0.2, 0) is 4.79 Å². The highest BCUT2D eigenvalue weighted by Gasteiger charge is 2.28. The average Bonchev–Trinajstić information content (AvgIpc) is 2.73. The van der Waals surface area contributed by atoms with E-state index >= 15 is 0 Å². The van der Waals surface area contributed by atoms with Gasteiger partial charge in [-0.1, -0.05) is 38.1 Å². The lowest BCUT2D eigenvalue weighted by atomic mass is 10.0. The number of carbonyl (C=O) groups excluding carboxylic acids is 2. The van der Waals surface area contributed by atoms with Crippen LogP contribution in [0.3, 0.4) is 0 Å². The molecule has 0 bridgehead atoms. The summed E-state index contributed by atoms with van der Waals surface area (Å²) in [6.45, 7) is 10.0. The summed E-state index contributed by atoms with van der Waals surface area (Å²) in [6.07, 6.45) is -0.569. The van der Waals surface area contributed by atoms with E-state index in [4.69, 9.17) is 4.74 Å². The van der Waals surface area contributed by atoms with Crippen LogP contribution < -0.4 is 10.1 Å². The Morgan fingerprint density at radius 1 is 0.933 bits per heavy atom. The van der Waals surface area contributed by atoms with Crippen molar-refractivity contribution in [2.75, 3.05) is 31.5 Å². The van der Waals surface area contributed by atoms with Crippen LogP contribution in [0.2, 0.25) is 0 Å². The highest BCUT2D eigenvalue weighted by atomic mass is 16.5. The SMILES string of the molecule is Cc1cccc(NC(=O)N2CCN(C(=O)C(C)Oc3cccc(C(C)C)c3)CC2)c1. The Morgan fingerprint density at radius 2 is 1.60 bits per heavy atom. The zero-order chi connectivity index (χ0) is 21.7. The summed E-state index contributed by atoms with van der Waals surface area (Å²) in [6, 6.07) is 15.5. The van der Waals surface area contributed by atoms with Gasteiger partial charge in [-0.05, 0) is 55.2 Å². The number of aryl methyl sites for hydroxylation is 1. The van der Waals surface area contributed by atoms with E-state index in [9.17, 15) is 9.59 Å². The molecular weight excluding hydrogens is 378 g/mol. The number of nitrogens with zero attached hydrogens (tertiary/aromatic N) is 2. The minimum atomic E-state index is -0.569. The molecule has 6 heteroatoms. The first kappa shape index (κ1) is 21.7. The number of anilines is 1. The van der Waals surface area contributed by atoms with Gasteiger partial charge in [0.25, 0.3) is 5.91 Å². The number of piperazine rings is 1. The lowest BCUT2D eigenvalue weighted by molar-refractivity contribution is -0.139. The molecule has 1 aliphatic rings. The molecule has 30 heavy (non-hydrogen) atoms. The van der Waals surface area contributed by atoms with Gasteiger partial charge >= 0.3 is 6.03 Å². The van der Waals surface area contributed by atoms with Crippen molar-refractivity contribution in [3.63, 3.8) is 0 Å². The Hall–Kier alpha value is -3.02. The van der Waals surface area contributed by atoms with E-state index < -0.39 is 6.10 Å². The second kappa shape index (κ2) is 9.65. The highest BCUT2D eigenvalue weighted by Crippen LogP contribution is 2.21. The van der Waals surface area contributed by atoms with E-state index in [1.165, 1.54) is 5.56 Å². The molecule has 0 aliphatic carbocycles. The van der Waals surface area contributed by atoms with Crippen molar-refractivity contribution in [3.8, 4) is 5.75 Å². The summed E-state index contributed by atoms with van der Waals surface area (Å²) in [4.78, 5) is 28.8. The molecule has 1 aliphatic heterocycles. The number of rotatable bonds is 5. The third kappa shape index (κ3) is 5.53. The van der Waals surface area contributed by atoms with Crippen molar-refractivity contribution in [2.45, 2.75) is 39.7 Å². The van der Waals surface area contributed by atoms with E-state index in [1.807, 2.05) is 49.4 Å². The molecule has 0 saturated carbocycles. The average molecular weight is 410 g/mol. The third-order valence-electron chi connectivity index (χ3n) is 5.33. The van der Waals surface area contributed by atoms with Gasteiger partial charge in [0.05, 0.1) is 0 Å². The summed E-state index contributed by atoms with van der Waals surface area (Å²) in [5, 5.41) is 2.93. The molecule has 6 nitrogen and oxygen atoms in total. The molecule has 1 saturated heterocycles. The molecule has 3 rings (SSSR count). The number of nitrogens with one attached hydrogen (secondary N) is 1. The van der Waals surface area contributed by atoms with Gasteiger partial charge in [-0.2, -0.15) is 0 Å². The molecule has 2 aromatic carbocycles. The normalized spacial score (nSPS) is 15.1. The fraction of sp³-hybridized carbons (Fsp3) is 0.417. The van der Waals surface area contributed by atoms with Gasteiger partial charge in [-0.3, -0.25) is 4.79 Å². The Balaban J connectivity index is 1.50. The van der Waals surface area contributed by atoms with Crippen molar-refractivity contribution in [1.82, 2.24) is 9.80 Å². The number of urea groups is 1. The molecular formula is C24H31N3O3. The summed E-state index contributed by atoms with van der Waals surface area (Å²) in [5.41, 5.74) is 3.06. The van der Waals surface area contributed by atoms with Crippen LogP contribution >= 0.6 is 0 Å². The fourth-order valence-electron chi connectivity index (χ4n) is 3.51. The van der Waals surface area contributed by atoms with Crippen molar-refractivity contribution in [2.24, 2.45) is 0 Å². The van der Waals surface area contributed by atoms with E-state index in [1.54, 1.807) is 16.7 Å². The number of amides is 3. The molecule has 2 aromatic rings. The van der Waals surface area contributed by atoms with E-state index in [2.05, 4.69) is 25.2 Å². The predicted octanol–water partition coefficient (Wildman–Crippen LogP) is 4.26. The van der Waals surface area contributed by atoms with Crippen molar-refractivity contribution in [3.05, 3.63) is 59.7 Å². The zero-order valence-corrected chi connectivity index (χ0v) is 18.2. The van der Waals surface area contributed by atoms with Gasteiger partial charge in [-0.15, -0.1) is 0 Å². The molecule has 1 fully saturated rings. The van der Waals surface area contributed by atoms with Crippen LogP contribution in [0, 0.1) is 6.92 Å². The van der Waals surface area contributed by atoms with Crippen molar-refractivity contribution < 1.29 is 14.3 Å². The first-order valence-electron chi connectivity index (χ1n) is 10.5. The number of carbonyl (C=O) groups is 2. The molecule has 0 spiro atoms. The summed E-state index contributed by atoms with van der Waals surface area (Å²) in [7, 11) is 0. The Morgan fingerprint density at radius 3 is 2.27 bits per heavy atom. The monoisotopic (exact) mass is 409 g/mol. The van der Waals surface area contributed by atoms with Gasteiger partial charge in [0.15, 0.2) is 6.10 Å². The molecule has 1 atom stereocenters. The van der Waals surface area contributed by atoms with Crippen LogP contribution in [0.5, 0.6) is 5.75 Å². The van der Waals surface area contributed by atoms with E-state index in [-0.39, 0.29) is 11.9 Å². The number of hydrogen-bond acceptors (Lipinski definition) is 3. The van der Waals surface area contributed by atoms with Crippen LogP contribution in [0.25, 0.3) is 0 Å². The Bertz CT molecular complexity index is 889. The fourth-order valence-corrected chi connectivity index (χ4v) is 3.51. The number of benzene rings is 2. The first-order valence-corrected chi connectivity index (χ1v) is 10.5. The maximum atomic E-state index is 12.8. The lowest BCUT2D eigenvalue weighted by Gasteiger charge is -2.35. The van der Waals surface area contributed by atoms with Gasteiger partial charge in [-0.25, -0.2) is 4.79 Å². The smallest absolute Gasteiger partial charge is 0.321 e. The standard InChI is InChI=1S/C24H31N3O3/c1-17(2)20-8-6-10-22(16-20)30-19(4)23(28)26-11-13-27(14-12-26)24(29)25-21-9-5-7-18(3)15-21/h5-10,15-17,19H,11-14H2,1-4H3,(H,25,29). The van der Waals surface area contributed by atoms with E-state index in [0.29, 0.717) is 37.8 Å². The quantitative estimate of drug-likeness (QED) is 0.803. The van der Waals surface area contributed by atoms with Crippen LogP contribution in [-0.4, -0.2) is 54.0 Å². The predicted molar refractivity (Wildman–Crippen MR) is 119 cm³/mol. The molecule has 3 amide bonds. The molecule has 160 valence electrons. The lowest BCUT2D eigenvalue weighted by Crippen LogP contribution is -2.54. The van der Waals surface area contributed by atoms with Gasteiger partial charge < -0.3 is 19.9 Å². The summed E-state index contributed by atoms with van der Waals surface area (Å²) < 4.78 is 5.90. The van der Waals surface area contributed by atoms with Crippen LogP contribution in [0.15, 0.2) is 48.5 Å². The maximum absolute atomic E-state index is 12.8. The largest absolute Gasteiger partial charge is 0.481 e. The van der Waals surface area contributed by atoms with Gasteiger partial charge in [0.1, 0.15) is 5.75 Å². The maximum Gasteiger partial charge on any atom is 0.321 e. The van der Waals surface area contributed by atoms with Crippen molar-refractivity contribution in [1.29, 1.82) is 0 Å². The second-order valence-corrected chi connectivity index (χ2v) is 8.10. The Labute approximate surface area is 178 Å². The molecule has 0 radical (unpaired) electrons. The van der Waals surface area contributed by atoms with Crippen molar-refractivity contribution >= 4 is 17.6 Å². The molecule has 0 aromatic heterocycles. The third-order valence-corrected chi connectivity index (χ3v) is 5.33. The molecule has 1 N–H and O–H groups in total. The number of hydrogen-bond donors (Lipinski definition) is 1. The summed E-state index contributed by atoms with van der Waals surface area (Å²) in [5.74, 6) is 1.06. The first-order chi connectivity index (χ1) is 14.3. The van der Waals surface area contributed by atoms with Gasteiger partial charge in [0.2, 0.25) is 0 Å². The second-order valence-electron chi connectivity index (χ2n) is 8.10.